The molecule has 1 N–H and O–H groups in total. The average Bonchev–Trinajstić information content (AvgIpc) is 3.07. The SMILES string of the molecule is O=C1[C@@H]2CCc3ccccc3N2[C@@H](c2ccc(O)cc2)N1c1ccc([N+](=O)[O-])cc1. The lowest BCUT2D eigenvalue weighted by Gasteiger charge is -2.37. The zero-order valence-electron chi connectivity index (χ0n) is 16.0. The third-order valence-electron chi connectivity index (χ3n) is 5.85. The summed E-state index contributed by atoms with van der Waals surface area (Å²) in [5.74, 6) is 0.122. The Hall–Kier alpha value is -3.87. The maximum Gasteiger partial charge on any atom is 0.269 e. The van der Waals surface area contributed by atoms with Crippen LogP contribution in [0.1, 0.15) is 23.7 Å². The first kappa shape index (κ1) is 18.2. The van der Waals surface area contributed by atoms with Crippen molar-refractivity contribution in [1.82, 2.24) is 0 Å². The molecule has 7 heteroatoms. The summed E-state index contributed by atoms with van der Waals surface area (Å²) in [7, 11) is 0. The lowest BCUT2D eigenvalue weighted by atomic mass is 9.96. The highest BCUT2D eigenvalue weighted by Crippen LogP contribution is 2.46. The molecule has 1 amide bonds. The lowest BCUT2D eigenvalue weighted by molar-refractivity contribution is -0.384. The lowest BCUT2D eigenvalue weighted by Crippen LogP contribution is -2.38. The second-order valence-corrected chi connectivity index (χ2v) is 7.54. The number of nitrogens with zero attached hydrogens (tertiary/aromatic N) is 3. The monoisotopic (exact) mass is 401 g/mol. The summed E-state index contributed by atoms with van der Waals surface area (Å²) >= 11 is 0. The Morgan fingerprint density at radius 3 is 2.37 bits per heavy atom. The summed E-state index contributed by atoms with van der Waals surface area (Å²) in [5.41, 5.74) is 3.66. The highest BCUT2D eigenvalue weighted by Gasteiger charge is 2.49. The number of para-hydroxylation sites is 1. The molecule has 2 atom stereocenters. The van der Waals surface area contributed by atoms with Gasteiger partial charge in [0.05, 0.1) is 4.92 Å². The molecule has 0 saturated carbocycles. The molecule has 0 aromatic heterocycles. The predicted molar refractivity (Wildman–Crippen MR) is 112 cm³/mol. The van der Waals surface area contributed by atoms with E-state index >= 15 is 0 Å². The van der Waals surface area contributed by atoms with Crippen molar-refractivity contribution in [2.45, 2.75) is 25.0 Å². The number of benzene rings is 3. The fraction of sp³-hybridized carbons (Fsp3) is 0.174. The van der Waals surface area contributed by atoms with Crippen molar-refractivity contribution in [2.75, 3.05) is 9.80 Å². The van der Waals surface area contributed by atoms with Crippen LogP contribution in [-0.2, 0) is 11.2 Å². The summed E-state index contributed by atoms with van der Waals surface area (Å²) < 4.78 is 0. The molecule has 2 aliphatic heterocycles. The molecule has 0 bridgehead atoms. The van der Waals surface area contributed by atoms with Gasteiger partial charge in [0.2, 0.25) is 0 Å². The predicted octanol–water partition coefficient (Wildman–Crippen LogP) is 4.17. The van der Waals surface area contributed by atoms with E-state index in [1.54, 1.807) is 29.2 Å². The Labute approximate surface area is 172 Å². The van der Waals surface area contributed by atoms with Gasteiger partial charge in [0.15, 0.2) is 0 Å². The van der Waals surface area contributed by atoms with Gasteiger partial charge >= 0.3 is 0 Å². The third-order valence-corrected chi connectivity index (χ3v) is 5.85. The minimum atomic E-state index is -0.452. The smallest absolute Gasteiger partial charge is 0.269 e. The Morgan fingerprint density at radius 2 is 1.67 bits per heavy atom. The van der Waals surface area contributed by atoms with Crippen molar-refractivity contribution in [1.29, 1.82) is 0 Å². The van der Waals surface area contributed by atoms with E-state index in [1.165, 1.54) is 17.7 Å². The zero-order valence-corrected chi connectivity index (χ0v) is 16.0. The first-order valence-corrected chi connectivity index (χ1v) is 9.77. The number of carbonyl (C=O) groups is 1. The Morgan fingerprint density at radius 1 is 0.967 bits per heavy atom. The van der Waals surface area contributed by atoms with Gasteiger partial charge in [-0.1, -0.05) is 30.3 Å². The molecule has 2 heterocycles. The van der Waals surface area contributed by atoms with Gasteiger partial charge in [-0.15, -0.1) is 0 Å². The van der Waals surface area contributed by atoms with Crippen molar-refractivity contribution >= 4 is 23.0 Å². The molecule has 0 unspecified atom stereocenters. The summed E-state index contributed by atoms with van der Waals surface area (Å²) in [4.78, 5) is 28.0. The fourth-order valence-corrected chi connectivity index (χ4v) is 4.48. The van der Waals surface area contributed by atoms with Crippen molar-refractivity contribution in [3.8, 4) is 5.75 Å². The molecular weight excluding hydrogens is 382 g/mol. The van der Waals surface area contributed by atoms with Crippen molar-refractivity contribution < 1.29 is 14.8 Å². The molecule has 2 aliphatic rings. The van der Waals surface area contributed by atoms with Crippen LogP contribution in [-0.4, -0.2) is 22.0 Å². The number of nitro benzene ring substituents is 1. The number of non-ortho nitro benzene ring substituents is 1. The van der Waals surface area contributed by atoms with E-state index in [9.17, 15) is 20.0 Å². The van der Waals surface area contributed by atoms with Crippen molar-refractivity contribution in [2.24, 2.45) is 0 Å². The van der Waals surface area contributed by atoms with Crippen molar-refractivity contribution in [3.05, 3.63) is 94.0 Å². The first-order chi connectivity index (χ1) is 14.5. The number of aromatic hydroxyl groups is 1. The van der Waals surface area contributed by atoms with Gasteiger partial charge in [-0.2, -0.15) is 0 Å². The number of phenolic OH excluding ortho intramolecular Hbond substituents is 1. The highest BCUT2D eigenvalue weighted by atomic mass is 16.6. The van der Waals surface area contributed by atoms with Crippen LogP contribution in [0, 0.1) is 10.1 Å². The Balaban J connectivity index is 1.66. The number of aryl methyl sites for hydroxylation is 1. The number of hydrogen-bond acceptors (Lipinski definition) is 5. The molecule has 0 radical (unpaired) electrons. The van der Waals surface area contributed by atoms with Gasteiger partial charge < -0.3 is 10.0 Å². The number of fused-ring (bicyclic) bond motifs is 3. The van der Waals surface area contributed by atoms with E-state index in [1.807, 2.05) is 30.3 Å². The second kappa shape index (κ2) is 6.88. The maximum absolute atomic E-state index is 13.5. The van der Waals surface area contributed by atoms with E-state index < -0.39 is 11.1 Å². The third kappa shape index (κ3) is 2.78. The summed E-state index contributed by atoms with van der Waals surface area (Å²) in [5, 5.41) is 20.8. The van der Waals surface area contributed by atoms with Gasteiger partial charge in [-0.3, -0.25) is 19.8 Å². The van der Waals surface area contributed by atoms with Gasteiger partial charge in [0, 0.05) is 23.5 Å². The first-order valence-electron chi connectivity index (χ1n) is 9.77. The fourth-order valence-electron chi connectivity index (χ4n) is 4.48. The quantitative estimate of drug-likeness (QED) is 0.526. The van der Waals surface area contributed by atoms with Crippen LogP contribution in [0.3, 0.4) is 0 Å². The molecular formula is C23H19N3O4. The zero-order chi connectivity index (χ0) is 20.8. The molecule has 7 nitrogen and oxygen atoms in total. The average molecular weight is 401 g/mol. The van der Waals surface area contributed by atoms with Crippen LogP contribution >= 0.6 is 0 Å². The molecule has 0 spiro atoms. The number of amides is 1. The van der Waals surface area contributed by atoms with Crippen LogP contribution in [0.4, 0.5) is 17.1 Å². The minimum absolute atomic E-state index is 0.0188. The summed E-state index contributed by atoms with van der Waals surface area (Å²) in [6.45, 7) is 0. The van der Waals surface area contributed by atoms with Gasteiger partial charge in [0.1, 0.15) is 18.0 Å². The number of carbonyl (C=O) groups excluding carboxylic acids is 1. The van der Waals surface area contributed by atoms with Crippen LogP contribution in [0.25, 0.3) is 0 Å². The van der Waals surface area contributed by atoms with Gasteiger partial charge in [-0.05, 0) is 54.3 Å². The highest BCUT2D eigenvalue weighted by molar-refractivity contribution is 6.04. The van der Waals surface area contributed by atoms with E-state index in [2.05, 4.69) is 11.0 Å². The largest absolute Gasteiger partial charge is 0.508 e. The van der Waals surface area contributed by atoms with E-state index in [0.29, 0.717) is 12.1 Å². The topological polar surface area (TPSA) is 86.9 Å². The Kier molecular flexibility index (Phi) is 4.17. The van der Waals surface area contributed by atoms with Gasteiger partial charge in [0.25, 0.3) is 11.6 Å². The molecule has 3 aromatic carbocycles. The van der Waals surface area contributed by atoms with E-state index in [-0.39, 0.29) is 23.4 Å². The van der Waals surface area contributed by atoms with E-state index in [0.717, 1.165) is 17.7 Å². The van der Waals surface area contributed by atoms with Crippen LogP contribution in [0.5, 0.6) is 5.75 Å². The van der Waals surface area contributed by atoms with Crippen molar-refractivity contribution in [3.63, 3.8) is 0 Å². The molecule has 1 fully saturated rings. The summed E-state index contributed by atoms with van der Waals surface area (Å²) in [6.07, 6.45) is 1.11. The maximum atomic E-state index is 13.5. The van der Waals surface area contributed by atoms with Crippen LogP contribution < -0.4 is 9.80 Å². The van der Waals surface area contributed by atoms with E-state index in [4.69, 9.17) is 0 Å². The number of hydrogen-bond donors (Lipinski definition) is 1. The molecule has 1 saturated heterocycles. The second-order valence-electron chi connectivity index (χ2n) is 7.54. The molecule has 30 heavy (non-hydrogen) atoms. The van der Waals surface area contributed by atoms with Gasteiger partial charge in [-0.25, -0.2) is 0 Å². The minimum Gasteiger partial charge on any atom is -0.508 e. The number of phenols is 1. The normalized spacial score (nSPS) is 20.1. The molecule has 3 aromatic rings. The number of rotatable bonds is 3. The van der Waals surface area contributed by atoms with Crippen LogP contribution in [0.15, 0.2) is 72.8 Å². The van der Waals surface area contributed by atoms with Crippen LogP contribution in [0.2, 0.25) is 0 Å². The standard InChI is InChI=1S/C23H19N3O4/c27-19-12-5-16(6-13-19)22-24(17-8-10-18(11-9-17)26(29)30)23(28)21-14-7-15-3-1-2-4-20(15)25(21)22/h1-6,8-13,21-22,27H,7,14H2/t21-,22-/m0/s1. The number of anilines is 2. The summed E-state index contributed by atoms with van der Waals surface area (Å²) in [6, 6.07) is 20.7. The Bertz CT molecular complexity index is 1130. The molecule has 5 rings (SSSR count). The molecule has 0 aliphatic carbocycles. The molecule has 150 valence electrons. The number of nitro groups is 1.